The summed E-state index contributed by atoms with van der Waals surface area (Å²) in [6.45, 7) is 3.08. The maximum absolute atomic E-state index is 6.26. The third-order valence-electron chi connectivity index (χ3n) is 3.18. The monoisotopic (exact) mass is 354 g/mol. The first-order chi connectivity index (χ1) is 9.59. The summed E-state index contributed by atoms with van der Waals surface area (Å²) in [7, 11) is 7.68. The minimum absolute atomic E-state index is 0.0424. The second kappa shape index (κ2) is 8.20. The zero-order valence-corrected chi connectivity index (χ0v) is 15.1. The third kappa shape index (κ3) is 4.38. The van der Waals surface area contributed by atoms with E-state index < -0.39 is 10.7 Å². The molecule has 2 heterocycles. The molecule has 4 nitrogen and oxygen atoms in total. The molecule has 0 saturated carbocycles. The molecule has 2 fully saturated rings. The lowest BCUT2D eigenvalue weighted by Gasteiger charge is -2.27. The van der Waals surface area contributed by atoms with E-state index in [1.807, 2.05) is 0 Å². The maximum Gasteiger partial charge on any atom is 0.175 e. The number of ether oxygens (including phenoxy) is 3. The van der Waals surface area contributed by atoms with Crippen LogP contribution in [0.4, 0.5) is 0 Å². The van der Waals surface area contributed by atoms with Crippen LogP contribution in [0.1, 0.15) is 13.3 Å². The molecule has 9 heteroatoms. The average molecular weight is 354 g/mol. The first-order valence-electron chi connectivity index (χ1n) is 6.68. The molecule has 0 aromatic rings. The van der Waals surface area contributed by atoms with Gasteiger partial charge in [0.2, 0.25) is 0 Å². The van der Waals surface area contributed by atoms with Gasteiger partial charge in [-0.3, -0.25) is 0 Å². The van der Waals surface area contributed by atoms with Gasteiger partial charge in [-0.25, -0.2) is 0 Å². The van der Waals surface area contributed by atoms with Crippen molar-refractivity contribution in [3.63, 3.8) is 0 Å². The summed E-state index contributed by atoms with van der Waals surface area (Å²) in [6.07, 6.45) is 0.361. The van der Waals surface area contributed by atoms with Crippen LogP contribution in [-0.4, -0.2) is 64.0 Å². The fourth-order valence-corrected chi connectivity index (χ4v) is 11.5. The van der Waals surface area contributed by atoms with Gasteiger partial charge in [0.15, 0.2) is 4.67 Å². The Morgan fingerprint density at radius 2 is 2.00 bits per heavy atom. The van der Waals surface area contributed by atoms with Gasteiger partial charge in [0, 0.05) is 24.6 Å². The maximum atomic E-state index is 6.26. The molecule has 2 radical (unpaired) electrons. The van der Waals surface area contributed by atoms with E-state index in [2.05, 4.69) is 6.92 Å². The lowest BCUT2D eigenvalue weighted by molar-refractivity contribution is -0.0266. The Kier molecular flexibility index (Phi) is 7.22. The van der Waals surface area contributed by atoms with Crippen LogP contribution in [0.2, 0.25) is 0 Å². The number of rotatable bonds is 7. The standard InChI is InChI=1S/C11H20BO4PS3/c1-3-8-9(16-17(18)19-6-7-20-17)10(11(12)15-8)14-5-4-13-2/h8-11H,3-7H2,1-2H3/t8-,9-,10-,11-/m1/s1. The average Bonchev–Trinajstić information content (AvgIpc) is 2.97. The number of hydrogen-bond donors (Lipinski definition) is 0. The van der Waals surface area contributed by atoms with Crippen LogP contribution in [0.25, 0.3) is 0 Å². The Bertz CT molecular complexity index is 353. The minimum atomic E-state index is -1.85. The van der Waals surface area contributed by atoms with E-state index in [0.717, 1.165) is 17.9 Å². The second-order valence-electron chi connectivity index (χ2n) is 4.56. The highest BCUT2D eigenvalue weighted by Crippen LogP contribution is 2.75. The van der Waals surface area contributed by atoms with Crippen molar-refractivity contribution < 1.29 is 18.7 Å². The van der Waals surface area contributed by atoms with Crippen LogP contribution in [-0.2, 0) is 30.5 Å². The summed E-state index contributed by atoms with van der Waals surface area (Å²) in [5.41, 5.74) is 0. The molecule has 20 heavy (non-hydrogen) atoms. The van der Waals surface area contributed by atoms with E-state index in [1.165, 1.54) is 0 Å². The first kappa shape index (κ1) is 17.6. The molecular formula is C11H20BO4PS3. The molecule has 0 spiro atoms. The lowest BCUT2D eigenvalue weighted by atomic mass is 9.92. The summed E-state index contributed by atoms with van der Waals surface area (Å²) in [6, 6.07) is -0.457. The van der Waals surface area contributed by atoms with Gasteiger partial charge in [-0.15, -0.1) is 0 Å². The zero-order valence-electron chi connectivity index (χ0n) is 11.7. The van der Waals surface area contributed by atoms with Crippen LogP contribution in [0, 0.1) is 0 Å². The smallest absolute Gasteiger partial charge is 0.175 e. The van der Waals surface area contributed by atoms with Crippen LogP contribution in [0.5, 0.6) is 0 Å². The van der Waals surface area contributed by atoms with E-state index in [1.54, 1.807) is 29.9 Å². The molecule has 2 aliphatic rings. The fraction of sp³-hybridized carbons (Fsp3) is 1.00. The summed E-state index contributed by atoms with van der Waals surface area (Å²) < 4.78 is 21.0. The fourth-order valence-electron chi connectivity index (χ4n) is 2.21. The van der Waals surface area contributed by atoms with Crippen molar-refractivity contribution in [2.45, 2.75) is 37.7 Å². The quantitative estimate of drug-likeness (QED) is 0.395. The molecule has 0 amide bonds. The Morgan fingerprint density at radius 1 is 1.30 bits per heavy atom. The van der Waals surface area contributed by atoms with Crippen molar-refractivity contribution in [2.75, 3.05) is 31.8 Å². The number of methoxy groups -OCH3 is 1. The van der Waals surface area contributed by atoms with Crippen molar-refractivity contribution in [3.05, 3.63) is 0 Å². The molecule has 0 aromatic carbocycles. The highest BCUT2D eigenvalue weighted by Gasteiger charge is 2.45. The Labute approximate surface area is 135 Å². The molecular weight excluding hydrogens is 334 g/mol. The lowest BCUT2D eigenvalue weighted by Crippen LogP contribution is -2.37. The van der Waals surface area contributed by atoms with Crippen LogP contribution in [0.3, 0.4) is 0 Å². The molecule has 2 aliphatic heterocycles. The molecule has 0 aliphatic carbocycles. The van der Waals surface area contributed by atoms with Crippen molar-refractivity contribution in [2.24, 2.45) is 0 Å². The van der Waals surface area contributed by atoms with Gasteiger partial charge in [-0.05, 0) is 18.2 Å². The first-order valence-corrected chi connectivity index (χ1v) is 12.6. The highest BCUT2D eigenvalue weighted by molar-refractivity contribution is 9.00. The van der Waals surface area contributed by atoms with E-state index in [9.17, 15) is 0 Å². The highest BCUT2D eigenvalue weighted by atomic mass is 33.2. The molecule has 4 atom stereocenters. The molecule has 0 bridgehead atoms. The second-order valence-corrected chi connectivity index (χ2v) is 15.3. The van der Waals surface area contributed by atoms with E-state index >= 15 is 0 Å². The van der Waals surface area contributed by atoms with Crippen molar-refractivity contribution in [3.8, 4) is 0 Å². The molecule has 0 aromatic heterocycles. The van der Waals surface area contributed by atoms with Gasteiger partial charge in [-0.2, -0.15) is 0 Å². The summed E-state index contributed by atoms with van der Waals surface area (Å²) >= 11 is 9.20. The van der Waals surface area contributed by atoms with E-state index in [0.29, 0.717) is 13.2 Å². The van der Waals surface area contributed by atoms with Crippen molar-refractivity contribution in [1.82, 2.24) is 0 Å². The SMILES string of the molecule is [B][C@@H]1O[C@H](CC)[C@@H](OP2(=S)SCCS2)[C@H]1OCCOC. The summed E-state index contributed by atoms with van der Waals surface area (Å²) in [5, 5.41) is 0. The van der Waals surface area contributed by atoms with Crippen LogP contribution >= 0.6 is 27.4 Å². The topological polar surface area (TPSA) is 36.9 Å². The molecule has 2 saturated heterocycles. The minimum Gasteiger partial charge on any atom is -0.382 e. The largest absolute Gasteiger partial charge is 0.382 e. The third-order valence-corrected chi connectivity index (χ3v) is 12.9. The summed E-state index contributed by atoms with van der Waals surface area (Å²) in [4.78, 5) is 0. The Hall–Kier alpha value is 1.25. The van der Waals surface area contributed by atoms with E-state index in [-0.39, 0.29) is 18.3 Å². The van der Waals surface area contributed by atoms with Gasteiger partial charge in [0.05, 0.1) is 19.3 Å². The Balaban J connectivity index is 2.01. The number of hydrogen-bond acceptors (Lipinski definition) is 7. The summed E-state index contributed by atoms with van der Waals surface area (Å²) in [5.74, 6) is 2.13. The van der Waals surface area contributed by atoms with Crippen molar-refractivity contribution >= 4 is 47.1 Å². The Morgan fingerprint density at radius 3 is 2.60 bits per heavy atom. The molecule has 2 rings (SSSR count). The van der Waals surface area contributed by atoms with Crippen LogP contribution in [0.15, 0.2) is 0 Å². The molecule has 114 valence electrons. The molecule has 0 unspecified atom stereocenters. The zero-order chi connectivity index (χ0) is 14.6. The van der Waals surface area contributed by atoms with Gasteiger partial charge < -0.3 is 18.7 Å². The van der Waals surface area contributed by atoms with Gasteiger partial charge in [0.25, 0.3) is 0 Å². The van der Waals surface area contributed by atoms with Gasteiger partial charge >= 0.3 is 0 Å². The van der Waals surface area contributed by atoms with Crippen molar-refractivity contribution in [1.29, 1.82) is 0 Å². The van der Waals surface area contributed by atoms with Crippen LogP contribution < -0.4 is 0 Å². The predicted octanol–water partition coefficient (Wildman–Crippen LogP) is 2.41. The van der Waals surface area contributed by atoms with Gasteiger partial charge in [-0.1, -0.05) is 29.7 Å². The normalized spacial score (nSPS) is 36.5. The predicted molar refractivity (Wildman–Crippen MR) is 90.4 cm³/mol. The van der Waals surface area contributed by atoms with E-state index in [4.69, 9.17) is 38.4 Å². The van der Waals surface area contributed by atoms with Gasteiger partial charge in [0.1, 0.15) is 20.1 Å². The molecule has 0 N–H and O–H groups in total.